The van der Waals surface area contributed by atoms with Gasteiger partial charge in [0.2, 0.25) is 5.91 Å². The fourth-order valence-corrected chi connectivity index (χ4v) is 1.58. The summed E-state index contributed by atoms with van der Waals surface area (Å²) < 4.78 is 28.1. The average molecular weight is 270 g/mol. The van der Waals surface area contributed by atoms with Crippen molar-refractivity contribution < 1.29 is 18.3 Å². The van der Waals surface area contributed by atoms with Crippen LogP contribution in [0.4, 0.5) is 14.5 Å². The Kier molecular flexibility index (Phi) is 4.54. The number of alkyl halides is 2. The first-order chi connectivity index (χ1) is 9.13. The zero-order valence-corrected chi connectivity index (χ0v) is 10.4. The van der Waals surface area contributed by atoms with E-state index in [1.165, 1.54) is 25.0 Å². The maximum Gasteiger partial charge on any atom is 0.387 e. The highest BCUT2D eigenvalue weighted by molar-refractivity contribution is 5.80. The van der Waals surface area contributed by atoms with Crippen molar-refractivity contribution in [2.24, 2.45) is 5.92 Å². The average Bonchev–Trinajstić information content (AvgIpc) is 3.19. The Labute approximate surface area is 110 Å². The van der Waals surface area contributed by atoms with Crippen molar-refractivity contribution in [1.82, 2.24) is 5.32 Å². The van der Waals surface area contributed by atoms with Crippen LogP contribution in [-0.4, -0.2) is 25.6 Å². The second-order valence-corrected chi connectivity index (χ2v) is 4.50. The molecule has 0 radical (unpaired) electrons. The maximum atomic E-state index is 11.9. The van der Waals surface area contributed by atoms with Gasteiger partial charge < -0.3 is 15.4 Å². The lowest BCUT2D eigenvalue weighted by Crippen LogP contribution is -2.31. The summed E-state index contributed by atoms with van der Waals surface area (Å²) in [4.78, 5) is 11.5. The molecule has 0 aliphatic heterocycles. The minimum absolute atomic E-state index is 0.0696. The van der Waals surface area contributed by atoms with E-state index >= 15 is 0 Å². The Morgan fingerprint density at radius 1 is 1.32 bits per heavy atom. The molecule has 0 aromatic heterocycles. The number of anilines is 1. The van der Waals surface area contributed by atoms with E-state index in [1.807, 2.05) is 0 Å². The zero-order valence-electron chi connectivity index (χ0n) is 10.4. The number of ether oxygens (including phenoxy) is 1. The Morgan fingerprint density at radius 3 is 2.58 bits per heavy atom. The van der Waals surface area contributed by atoms with Crippen molar-refractivity contribution in [1.29, 1.82) is 0 Å². The number of carbonyl (C=O) groups is 1. The van der Waals surface area contributed by atoms with E-state index in [0.29, 0.717) is 11.6 Å². The monoisotopic (exact) mass is 270 g/mol. The normalized spacial score (nSPS) is 14.3. The number of nitrogens with one attached hydrogen (secondary N) is 2. The molecule has 0 spiro atoms. The second kappa shape index (κ2) is 6.36. The third kappa shape index (κ3) is 5.11. The molecular formula is C13H16F2N2O2. The fourth-order valence-electron chi connectivity index (χ4n) is 1.58. The summed E-state index contributed by atoms with van der Waals surface area (Å²) in [7, 11) is 0. The molecule has 4 nitrogen and oxygen atoms in total. The number of rotatable bonds is 7. The van der Waals surface area contributed by atoms with E-state index in [0.717, 1.165) is 6.54 Å². The Morgan fingerprint density at radius 2 is 2.00 bits per heavy atom. The van der Waals surface area contributed by atoms with Crippen molar-refractivity contribution >= 4 is 11.6 Å². The van der Waals surface area contributed by atoms with Crippen molar-refractivity contribution in [2.75, 3.05) is 18.4 Å². The van der Waals surface area contributed by atoms with Crippen molar-refractivity contribution in [3.8, 4) is 5.75 Å². The molecule has 1 aromatic carbocycles. The van der Waals surface area contributed by atoms with Crippen LogP contribution in [0.25, 0.3) is 0 Å². The van der Waals surface area contributed by atoms with Gasteiger partial charge in [-0.2, -0.15) is 8.78 Å². The molecular weight excluding hydrogens is 254 g/mol. The quantitative estimate of drug-likeness (QED) is 0.798. The molecule has 1 saturated carbocycles. The van der Waals surface area contributed by atoms with E-state index in [2.05, 4.69) is 15.4 Å². The topological polar surface area (TPSA) is 50.4 Å². The molecule has 1 fully saturated rings. The summed E-state index contributed by atoms with van der Waals surface area (Å²) in [5.74, 6) is 0.674. The predicted octanol–water partition coefficient (Wildman–Crippen LogP) is 2.23. The lowest BCUT2D eigenvalue weighted by Gasteiger charge is -2.08. The van der Waals surface area contributed by atoms with Gasteiger partial charge >= 0.3 is 6.61 Å². The van der Waals surface area contributed by atoms with Crippen LogP contribution in [0.5, 0.6) is 5.75 Å². The van der Waals surface area contributed by atoms with Crippen LogP contribution in [0.2, 0.25) is 0 Å². The summed E-state index contributed by atoms with van der Waals surface area (Å²) in [6, 6.07) is 6.03. The van der Waals surface area contributed by atoms with Gasteiger partial charge in [-0.05, 0) is 43.0 Å². The van der Waals surface area contributed by atoms with Crippen LogP contribution in [0, 0.1) is 5.92 Å². The summed E-state index contributed by atoms with van der Waals surface area (Å²) in [6.45, 7) is -1.92. The van der Waals surface area contributed by atoms with E-state index in [4.69, 9.17) is 0 Å². The first-order valence-electron chi connectivity index (χ1n) is 6.19. The molecule has 1 aromatic rings. The standard InChI is InChI=1S/C13H16F2N2O2/c14-13(15)19-11-5-3-10(4-6-11)16-8-12(18)17-7-9-1-2-9/h3-6,9,13,16H,1-2,7-8H2,(H,17,18). The lowest BCUT2D eigenvalue weighted by atomic mass is 10.3. The number of halogens is 2. The van der Waals surface area contributed by atoms with Gasteiger partial charge in [-0.3, -0.25) is 4.79 Å². The summed E-state index contributed by atoms with van der Waals surface area (Å²) in [5, 5.41) is 5.74. The van der Waals surface area contributed by atoms with Gasteiger partial charge in [0.15, 0.2) is 0 Å². The molecule has 6 heteroatoms. The van der Waals surface area contributed by atoms with Gasteiger partial charge in [-0.1, -0.05) is 0 Å². The SMILES string of the molecule is O=C(CNc1ccc(OC(F)F)cc1)NCC1CC1. The maximum absolute atomic E-state index is 11.9. The largest absolute Gasteiger partial charge is 0.435 e. The minimum Gasteiger partial charge on any atom is -0.435 e. The molecule has 104 valence electrons. The Balaban J connectivity index is 1.70. The first-order valence-corrected chi connectivity index (χ1v) is 6.19. The summed E-state index contributed by atoms with van der Waals surface area (Å²) in [6.07, 6.45) is 2.39. The highest BCUT2D eigenvalue weighted by atomic mass is 19.3. The van der Waals surface area contributed by atoms with Crippen molar-refractivity contribution in [3.05, 3.63) is 24.3 Å². The second-order valence-electron chi connectivity index (χ2n) is 4.50. The Hall–Kier alpha value is -1.85. The van der Waals surface area contributed by atoms with Crippen molar-refractivity contribution in [3.63, 3.8) is 0 Å². The smallest absolute Gasteiger partial charge is 0.387 e. The molecule has 0 atom stereocenters. The molecule has 0 heterocycles. The molecule has 0 saturated heterocycles. The van der Waals surface area contributed by atoms with Crippen LogP contribution in [0.3, 0.4) is 0 Å². The third-order valence-electron chi connectivity index (χ3n) is 2.82. The molecule has 1 amide bonds. The first kappa shape index (κ1) is 13.6. The van der Waals surface area contributed by atoms with Crippen molar-refractivity contribution in [2.45, 2.75) is 19.5 Å². The van der Waals surface area contributed by atoms with Crippen LogP contribution in [0.15, 0.2) is 24.3 Å². The molecule has 0 unspecified atom stereocenters. The minimum atomic E-state index is -2.83. The molecule has 2 N–H and O–H groups in total. The number of amides is 1. The van der Waals surface area contributed by atoms with E-state index in [1.54, 1.807) is 12.1 Å². The van der Waals surface area contributed by atoms with Gasteiger partial charge in [0.05, 0.1) is 6.54 Å². The van der Waals surface area contributed by atoms with Gasteiger partial charge in [0, 0.05) is 12.2 Å². The molecule has 1 aliphatic carbocycles. The number of benzene rings is 1. The van der Waals surface area contributed by atoms with E-state index in [9.17, 15) is 13.6 Å². The zero-order chi connectivity index (χ0) is 13.7. The van der Waals surface area contributed by atoms with Gasteiger partial charge in [-0.15, -0.1) is 0 Å². The highest BCUT2D eigenvalue weighted by Crippen LogP contribution is 2.27. The van der Waals surface area contributed by atoms with Crippen LogP contribution < -0.4 is 15.4 Å². The lowest BCUT2D eigenvalue weighted by molar-refractivity contribution is -0.119. The molecule has 1 aliphatic rings. The highest BCUT2D eigenvalue weighted by Gasteiger charge is 2.21. The Bertz CT molecular complexity index is 419. The number of hydrogen-bond acceptors (Lipinski definition) is 3. The van der Waals surface area contributed by atoms with Gasteiger partial charge in [0.25, 0.3) is 0 Å². The van der Waals surface area contributed by atoms with E-state index < -0.39 is 6.61 Å². The molecule has 0 bridgehead atoms. The van der Waals surface area contributed by atoms with Crippen LogP contribution in [-0.2, 0) is 4.79 Å². The van der Waals surface area contributed by atoms with Crippen LogP contribution >= 0.6 is 0 Å². The van der Waals surface area contributed by atoms with Gasteiger partial charge in [-0.25, -0.2) is 0 Å². The molecule has 2 rings (SSSR count). The summed E-state index contributed by atoms with van der Waals surface area (Å²) in [5.41, 5.74) is 0.684. The fraction of sp³-hybridized carbons (Fsp3) is 0.462. The number of carbonyl (C=O) groups excluding carboxylic acids is 1. The predicted molar refractivity (Wildman–Crippen MR) is 67.3 cm³/mol. The summed E-state index contributed by atoms with van der Waals surface area (Å²) >= 11 is 0. The number of hydrogen-bond donors (Lipinski definition) is 2. The van der Waals surface area contributed by atoms with E-state index in [-0.39, 0.29) is 18.2 Å². The molecule has 19 heavy (non-hydrogen) atoms. The van der Waals surface area contributed by atoms with Crippen LogP contribution in [0.1, 0.15) is 12.8 Å². The van der Waals surface area contributed by atoms with Gasteiger partial charge in [0.1, 0.15) is 5.75 Å². The third-order valence-corrected chi connectivity index (χ3v) is 2.82.